The van der Waals surface area contributed by atoms with Crippen LogP contribution in [0.4, 0.5) is 0 Å². The van der Waals surface area contributed by atoms with Gasteiger partial charge in [0.15, 0.2) is 20.1 Å². The average molecular weight is 2320 g/mol. The largest absolute Gasteiger partial charge is 0.320 e. The van der Waals surface area contributed by atoms with Crippen molar-refractivity contribution in [1.29, 1.82) is 0 Å². The summed E-state index contributed by atoms with van der Waals surface area (Å²) in [5.74, 6) is -0.0282. The van der Waals surface area contributed by atoms with Gasteiger partial charge in [-0.2, -0.15) is 0 Å². The maximum atomic E-state index is 16.9. The number of nitrogens with zero attached hydrogens (tertiary/aromatic N) is 3. The molecule has 20 aromatic rings. The van der Waals surface area contributed by atoms with Crippen LogP contribution in [0.1, 0.15) is 61.0 Å². The zero-order valence-electron chi connectivity index (χ0n) is 74.1. The summed E-state index contributed by atoms with van der Waals surface area (Å²) >= 11 is 0. The first-order chi connectivity index (χ1) is 64.3. The van der Waals surface area contributed by atoms with Crippen molar-refractivity contribution < 1.29 is 78.8 Å². The van der Waals surface area contributed by atoms with Gasteiger partial charge in [-0.3, -0.25) is 4.79 Å². The van der Waals surface area contributed by atoms with Crippen molar-refractivity contribution >= 4 is 96.7 Å². The third-order valence-electron chi connectivity index (χ3n) is 24.9. The van der Waals surface area contributed by atoms with E-state index in [0.29, 0.717) is 32.3 Å². The third-order valence-corrected chi connectivity index (χ3v) is 34.3. The first-order valence-electron chi connectivity index (χ1n) is 44.8. The molecule has 0 saturated heterocycles. The Morgan fingerprint density at radius 1 is 0.269 bits per heavy atom. The second kappa shape index (κ2) is 42.7. The number of hydrogen-bond acceptors (Lipinski definition) is 7. The minimum Gasteiger partial charge on any atom is -0.320 e. The summed E-state index contributed by atoms with van der Waals surface area (Å²) in [4.78, 5) is 27.5. The van der Waals surface area contributed by atoms with Crippen LogP contribution in [-0.4, -0.2) is 33.1 Å². The number of unbranched alkanes of at least 4 members (excludes halogenated alkanes) is 2. The van der Waals surface area contributed by atoms with Crippen molar-refractivity contribution in [3.8, 4) is 112 Å². The molecule has 0 fully saturated rings. The van der Waals surface area contributed by atoms with Crippen LogP contribution in [0, 0.1) is 25.1 Å². The van der Waals surface area contributed by atoms with Crippen LogP contribution in [0.5, 0.6) is 0 Å². The van der Waals surface area contributed by atoms with E-state index in [-0.39, 0.29) is 66.1 Å². The van der Waals surface area contributed by atoms with E-state index in [0.717, 1.165) is 193 Å². The predicted molar refractivity (Wildman–Crippen MR) is 550 cm³/mol. The fraction of sp³-hybridized carbons (Fsp3) is 0.0744. The number of benzene rings is 17. The van der Waals surface area contributed by atoms with E-state index in [1.54, 1.807) is 0 Å². The van der Waals surface area contributed by atoms with Gasteiger partial charge in [0, 0.05) is 129 Å². The number of carbonyl (C=O) groups excluding carboxylic acids is 1. The van der Waals surface area contributed by atoms with Crippen molar-refractivity contribution in [2.75, 3.05) is 12.3 Å². The molecule has 0 N–H and O–H groups in total. The molecule has 661 valence electrons. The molecular formula is C121H93Ir3N3O4P3-3. The molecule has 1 aliphatic carbocycles. The minimum atomic E-state index is -3.59. The van der Waals surface area contributed by atoms with Crippen LogP contribution >= 0.6 is 21.4 Å². The second-order valence-corrected chi connectivity index (χ2v) is 42.1. The summed E-state index contributed by atoms with van der Waals surface area (Å²) < 4.78 is 46.2. The van der Waals surface area contributed by atoms with E-state index >= 15 is 9.13 Å². The molecule has 1 unspecified atom stereocenters. The second-order valence-electron chi connectivity index (χ2n) is 33.4. The Labute approximate surface area is 825 Å². The van der Waals surface area contributed by atoms with Crippen molar-refractivity contribution in [2.24, 2.45) is 0 Å². The van der Waals surface area contributed by atoms with E-state index in [1.165, 1.54) is 10.9 Å². The first kappa shape index (κ1) is 94.5. The van der Waals surface area contributed by atoms with Crippen LogP contribution in [-0.2, 0) is 74.0 Å². The van der Waals surface area contributed by atoms with Crippen molar-refractivity contribution in [2.45, 2.75) is 46.5 Å². The molecule has 134 heavy (non-hydrogen) atoms. The number of pyridine rings is 3. The molecular weight excluding hydrogens is 2230 g/mol. The number of aryl methyl sites for hydroxylation is 1. The molecule has 21 rings (SSSR count). The molecule has 1 atom stereocenters. The van der Waals surface area contributed by atoms with E-state index in [2.05, 4.69) is 273 Å². The fourth-order valence-corrected chi connectivity index (χ4v) is 26.7. The third kappa shape index (κ3) is 19.9. The SMILES string of the molecule is CCCCP(=O)(CCCC)c1cc[c-]c(-c2cc3c(C)cccc3cn2)c1.O=C1c2ccccc2-c2c1cccc2P(=O)(c1ccccc1)c1cc[c-]c(-c2cc3ccccc3cn2)c1.O=P(c1cc[c-]c(-c2cc3ccccc3cn2)c1)(c1cccc(-c2cc(-c3ccccc3)cc(-c3ccccc3)c2)c1)c1cccc(-c2cc(-c3ccccc3)cc(-c3ccccc3)c2)c1.[Ir].[Ir].[Ir]. The zero-order chi connectivity index (χ0) is 89.3. The Balaban J connectivity index is 0.000000162. The molecule has 0 spiro atoms. The number of hydrogen-bond donors (Lipinski definition) is 0. The predicted octanol–water partition coefficient (Wildman–Crippen LogP) is 28.5. The molecule has 1 aliphatic rings. The topological polar surface area (TPSA) is 107 Å². The van der Waals surface area contributed by atoms with Gasteiger partial charge in [0.1, 0.15) is 0 Å². The van der Waals surface area contributed by atoms with Crippen LogP contribution < -0.4 is 37.1 Å². The standard InChI is InChI=1S/C63H43NOP.C34H21NO2P.C24H29NOP.3Ir/c65-66(62-33-17-30-52(42-62)63-43-51-26-13-14-27-53(51)44-64-63,60-31-15-28-49(40-60)58-36-54(45-18-5-1-6-19-45)34-55(37-58)46-20-7-2-8-21-46)61-32-16-29-50(41-61)59-38-56(47-22-9-3-10-23-47)35-57(39-59)48-24-11-4-12-25-48;36-34-29-17-7-6-16-28(29)33-30(34)18-9-19-32(33)38(37,26-13-2-1-3-14-26)27-15-8-12-24(20-27)31-21-23-10-4-5-11-25(23)22-35-31;1-4-6-14-27(26,15-7-5-2)22-13-9-11-20(16-22)24-17-23-19(3)10-8-12-21(23)18-25-24;;;/h1-29,31-44H;1-11,13-22H;8-10,12-13,16-18H,4-7,14-15H2,1-3H3;;;/q3*-1;;;. The maximum Gasteiger partial charge on any atom is 0.194 e. The molecule has 3 heterocycles. The van der Waals surface area contributed by atoms with Gasteiger partial charge in [-0.25, -0.2) is 0 Å². The molecule has 7 nitrogen and oxygen atoms in total. The van der Waals surface area contributed by atoms with Crippen LogP contribution in [0.3, 0.4) is 0 Å². The van der Waals surface area contributed by atoms with E-state index in [9.17, 15) is 9.36 Å². The molecule has 0 bridgehead atoms. The van der Waals surface area contributed by atoms with Crippen molar-refractivity contribution in [1.82, 2.24) is 15.0 Å². The molecule has 3 radical (unpaired) electrons. The van der Waals surface area contributed by atoms with Crippen LogP contribution in [0.15, 0.2) is 437 Å². The number of ketones is 1. The first-order valence-corrected chi connectivity index (χ1v) is 50.2. The zero-order valence-corrected chi connectivity index (χ0v) is 84.0. The maximum absolute atomic E-state index is 16.9. The Morgan fingerprint density at radius 2 is 0.597 bits per heavy atom. The Morgan fingerprint density at radius 3 is 1.05 bits per heavy atom. The molecule has 0 amide bonds. The molecule has 13 heteroatoms. The van der Waals surface area contributed by atoms with Crippen LogP contribution in [0.2, 0.25) is 0 Å². The monoisotopic (exact) mass is 2320 g/mol. The quantitative estimate of drug-likeness (QED) is 0.0491. The van der Waals surface area contributed by atoms with E-state index in [4.69, 9.17) is 4.98 Å². The Bertz CT molecular complexity index is 7500. The van der Waals surface area contributed by atoms with E-state index in [1.807, 2.05) is 213 Å². The average Bonchev–Trinajstić information content (AvgIpc) is 1.55. The van der Waals surface area contributed by atoms with Gasteiger partial charge in [-0.15, -0.1) is 89.5 Å². The summed E-state index contributed by atoms with van der Waals surface area (Å²) in [6, 6.07) is 151. The molecule has 3 aromatic heterocycles. The molecule has 0 saturated carbocycles. The fourth-order valence-electron chi connectivity index (χ4n) is 18.0. The van der Waals surface area contributed by atoms with Gasteiger partial charge in [0.25, 0.3) is 0 Å². The summed E-state index contributed by atoms with van der Waals surface area (Å²) in [6.07, 6.45) is 11.5. The van der Waals surface area contributed by atoms with Crippen molar-refractivity contribution in [3.05, 3.63) is 472 Å². The summed E-state index contributed by atoms with van der Waals surface area (Å²) in [5.41, 5.74) is 22.1. The minimum absolute atomic E-state index is 0. The van der Waals surface area contributed by atoms with Crippen molar-refractivity contribution in [3.63, 3.8) is 0 Å². The normalized spacial score (nSPS) is 11.9. The summed E-state index contributed by atoms with van der Waals surface area (Å²) in [6.45, 7) is 6.45. The van der Waals surface area contributed by atoms with Gasteiger partial charge in [-0.05, 0) is 196 Å². The number of aromatic nitrogens is 3. The Hall–Kier alpha value is -12.7. The summed E-state index contributed by atoms with van der Waals surface area (Å²) in [5, 5.41) is 11.9. The van der Waals surface area contributed by atoms with Gasteiger partial charge in [-0.1, -0.05) is 358 Å². The Kier molecular flexibility index (Phi) is 30.1. The van der Waals surface area contributed by atoms with E-state index < -0.39 is 21.4 Å². The summed E-state index contributed by atoms with van der Waals surface area (Å²) in [7, 11) is -9.35. The molecule has 17 aromatic carbocycles. The number of carbonyl (C=O) groups is 1. The van der Waals surface area contributed by atoms with Gasteiger partial charge in [0.2, 0.25) is 0 Å². The number of fused-ring (bicyclic) bond motifs is 6. The molecule has 0 aliphatic heterocycles. The van der Waals surface area contributed by atoms with Gasteiger partial charge >= 0.3 is 0 Å². The van der Waals surface area contributed by atoms with Gasteiger partial charge in [0.05, 0.1) is 7.14 Å². The van der Waals surface area contributed by atoms with Gasteiger partial charge < -0.3 is 28.6 Å². The van der Waals surface area contributed by atoms with Crippen LogP contribution in [0.25, 0.3) is 144 Å². The number of rotatable bonds is 22. The smallest absolute Gasteiger partial charge is 0.194 e.